The van der Waals surface area contributed by atoms with E-state index in [4.69, 9.17) is 4.74 Å². The number of ether oxygens (including phenoxy) is 1. The van der Waals surface area contributed by atoms with Crippen LogP contribution in [0.3, 0.4) is 0 Å². The Morgan fingerprint density at radius 2 is 1.79 bits per heavy atom. The maximum atomic E-state index is 11.7. The molecule has 1 heterocycles. The predicted octanol–water partition coefficient (Wildman–Crippen LogP) is 3.18. The molecule has 1 aromatic heterocycles. The third kappa shape index (κ3) is 3.43. The standard InChI is InChI=1S/C18H17N3O3/c1-2-24-17(23)11-16-14-5-3-4-6-15(14)18(21-20-16)19-12-7-9-13(22)10-8-12/h3-10,22H,2,11H2,1H3,(H,19,21). The van der Waals surface area contributed by atoms with Gasteiger partial charge in [-0.25, -0.2) is 0 Å². The molecule has 6 nitrogen and oxygen atoms in total. The van der Waals surface area contributed by atoms with Gasteiger partial charge in [-0.3, -0.25) is 4.79 Å². The van der Waals surface area contributed by atoms with Crippen molar-refractivity contribution in [1.29, 1.82) is 0 Å². The number of hydrogen-bond acceptors (Lipinski definition) is 6. The molecule has 24 heavy (non-hydrogen) atoms. The Morgan fingerprint density at radius 1 is 1.08 bits per heavy atom. The molecule has 0 saturated heterocycles. The SMILES string of the molecule is CCOC(=O)Cc1nnc(Nc2ccc(O)cc2)c2ccccc12. The van der Waals surface area contributed by atoms with E-state index in [9.17, 15) is 9.90 Å². The van der Waals surface area contributed by atoms with E-state index in [0.717, 1.165) is 16.5 Å². The quantitative estimate of drug-likeness (QED) is 0.554. The lowest BCUT2D eigenvalue weighted by Gasteiger charge is -2.11. The van der Waals surface area contributed by atoms with Gasteiger partial charge in [-0.15, -0.1) is 5.10 Å². The van der Waals surface area contributed by atoms with Crippen LogP contribution in [0, 0.1) is 0 Å². The molecule has 3 rings (SSSR count). The van der Waals surface area contributed by atoms with Crippen LogP contribution in [0.2, 0.25) is 0 Å². The first kappa shape index (κ1) is 15.7. The van der Waals surface area contributed by atoms with Gasteiger partial charge in [0.2, 0.25) is 0 Å². The summed E-state index contributed by atoms with van der Waals surface area (Å²) < 4.78 is 4.99. The highest BCUT2D eigenvalue weighted by molar-refractivity contribution is 5.95. The van der Waals surface area contributed by atoms with Crippen LogP contribution in [0.5, 0.6) is 5.75 Å². The number of anilines is 2. The summed E-state index contributed by atoms with van der Waals surface area (Å²) in [7, 11) is 0. The molecule has 6 heteroatoms. The number of esters is 1. The molecule has 0 amide bonds. The number of carbonyl (C=O) groups is 1. The molecule has 0 saturated carbocycles. The van der Waals surface area contributed by atoms with Crippen LogP contribution in [0.4, 0.5) is 11.5 Å². The highest BCUT2D eigenvalue weighted by atomic mass is 16.5. The van der Waals surface area contributed by atoms with Crippen molar-refractivity contribution in [2.45, 2.75) is 13.3 Å². The van der Waals surface area contributed by atoms with Crippen LogP contribution < -0.4 is 5.32 Å². The summed E-state index contributed by atoms with van der Waals surface area (Å²) >= 11 is 0. The van der Waals surface area contributed by atoms with E-state index in [1.807, 2.05) is 24.3 Å². The van der Waals surface area contributed by atoms with E-state index >= 15 is 0 Å². The first-order valence-corrected chi connectivity index (χ1v) is 7.63. The van der Waals surface area contributed by atoms with Gasteiger partial charge in [-0.05, 0) is 31.2 Å². The zero-order valence-corrected chi connectivity index (χ0v) is 13.2. The Morgan fingerprint density at radius 3 is 2.50 bits per heavy atom. The monoisotopic (exact) mass is 323 g/mol. The molecule has 0 aliphatic heterocycles. The Hall–Kier alpha value is -3.15. The lowest BCUT2D eigenvalue weighted by atomic mass is 10.1. The van der Waals surface area contributed by atoms with Crippen molar-refractivity contribution in [2.24, 2.45) is 0 Å². The van der Waals surface area contributed by atoms with E-state index in [1.165, 1.54) is 0 Å². The number of aromatic hydroxyl groups is 1. The third-order valence-corrected chi connectivity index (χ3v) is 3.51. The van der Waals surface area contributed by atoms with Crippen molar-refractivity contribution in [3.05, 3.63) is 54.2 Å². The van der Waals surface area contributed by atoms with Crippen molar-refractivity contribution in [2.75, 3.05) is 11.9 Å². The van der Waals surface area contributed by atoms with Crippen molar-refractivity contribution in [3.63, 3.8) is 0 Å². The fraction of sp³-hybridized carbons (Fsp3) is 0.167. The number of benzene rings is 2. The topological polar surface area (TPSA) is 84.3 Å². The first-order valence-electron chi connectivity index (χ1n) is 7.63. The number of carbonyl (C=O) groups excluding carboxylic acids is 1. The minimum atomic E-state index is -0.323. The maximum Gasteiger partial charge on any atom is 0.311 e. The minimum absolute atomic E-state index is 0.0842. The molecule has 0 aliphatic rings. The summed E-state index contributed by atoms with van der Waals surface area (Å²) in [4.78, 5) is 11.7. The second-order valence-electron chi connectivity index (χ2n) is 5.19. The Labute approximate surface area is 139 Å². The zero-order chi connectivity index (χ0) is 16.9. The van der Waals surface area contributed by atoms with Gasteiger partial charge in [0.1, 0.15) is 5.75 Å². The smallest absolute Gasteiger partial charge is 0.311 e. The molecule has 0 bridgehead atoms. The number of nitrogens with one attached hydrogen (secondary N) is 1. The first-order chi connectivity index (χ1) is 11.7. The van der Waals surface area contributed by atoms with E-state index in [1.54, 1.807) is 31.2 Å². The molecule has 0 radical (unpaired) electrons. The number of phenolic OH excluding ortho intramolecular Hbond substituents is 1. The van der Waals surface area contributed by atoms with E-state index in [2.05, 4.69) is 15.5 Å². The molecule has 2 aromatic carbocycles. The summed E-state index contributed by atoms with van der Waals surface area (Å²) in [6.45, 7) is 2.11. The highest BCUT2D eigenvalue weighted by Gasteiger charge is 2.13. The average Bonchev–Trinajstić information content (AvgIpc) is 2.59. The molecule has 0 atom stereocenters. The molecule has 0 aliphatic carbocycles. The van der Waals surface area contributed by atoms with Crippen LogP contribution in [0.25, 0.3) is 10.8 Å². The summed E-state index contributed by atoms with van der Waals surface area (Å²) in [6, 6.07) is 14.3. The number of nitrogens with zero attached hydrogens (tertiary/aromatic N) is 2. The Balaban J connectivity index is 1.95. The van der Waals surface area contributed by atoms with Gasteiger partial charge in [-0.2, -0.15) is 5.10 Å². The summed E-state index contributed by atoms with van der Waals surface area (Å²) in [6.07, 6.45) is 0.0842. The number of phenols is 1. The van der Waals surface area contributed by atoms with Crippen LogP contribution in [0.15, 0.2) is 48.5 Å². The molecule has 0 spiro atoms. The summed E-state index contributed by atoms with van der Waals surface area (Å²) in [5.74, 6) is 0.460. The summed E-state index contributed by atoms with van der Waals surface area (Å²) in [5.41, 5.74) is 1.37. The molecule has 0 fully saturated rings. The third-order valence-electron chi connectivity index (χ3n) is 3.51. The fourth-order valence-corrected chi connectivity index (χ4v) is 2.41. The second kappa shape index (κ2) is 6.95. The van der Waals surface area contributed by atoms with Crippen LogP contribution in [-0.2, 0) is 16.0 Å². The lowest BCUT2D eigenvalue weighted by molar-refractivity contribution is -0.142. The van der Waals surface area contributed by atoms with Gasteiger partial charge >= 0.3 is 5.97 Å². The Kier molecular flexibility index (Phi) is 4.56. The summed E-state index contributed by atoms with van der Waals surface area (Å²) in [5, 5.41) is 22.6. The molecule has 3 aromatic rings. The molecule has 2 N–H and O–H groups in total. The van der Waals surface area contributed by atoms with Gasteiger partial charge < -0.3 is 15.2 Å². The van der Waals surface area contributed by atoms with Gasteiger partial charge in [0.25, 0.3) is 0 Å². The van der Waals surface area contributed by atoms with Gasteiger partial charge in [0, 0.05) is 16.5 Å². The Bertz CT molecular complexity index is 863. The molecule has 0 unspecified atom stereocenters. The number of hydrogen-bond donors (Lipinski definition) is 2. The second-order valence-corrected chi connectivity index (χ2v) is 5.19. The fourth-order valence-electron chi connectivity index (χ4n) is 2.41. The number of aromatic nitrogens is 2. The van der Waals surface area contributed by atoms with Crippen molar-refractivity contribution < 1.29 is 14.6 Å². The van der Waals surface area contributed by atoms with Crippen molar-refractivity contribution in [3.8, 4) is 5.75 Å². The highest BCUT2D eigenvalue weighted by Crippen LogP contribution is 2.26. The molecular weight excluding hydrogens is 306 g/mol. The lowest BCUT2D eigenvalue weighted by Crippen LogP contribution is -2.10. The van der Waals surface area contributed by atoms with Gasteiger partial charge in [0.05, 0.1) is 18.7 Å². The number of fused-ring (bicyclic) bond motifs is 1. The van der Waals surface area contributed by atoms with E-state index < -0.39 is 0 Å². The van der Waals surface area contributed by atoms with Gasteiger partial charge in [0.15, 0.2) is 5.82 Å². The molecule has 122 valence electrons. The van der Waals surface area contributed by atoms with Crippen molar-refractivity contribution >= 4 is 28.2 Å². The van der Waals surface area contributed by atoms with Gasteiger partial charge in [-0.1, -0.05) is 24.3 Å². The maximum absolute atomic E-state index is 11.7. The van der Waals surface area contributed by atoms with Crippen LogP contribution in [0.1, 0.15) is 12.6 Å². The predicted molar refractivity (Wildman–Crippen MR) is 91.3 cm³/mol. The van der Waals surface area contributed by atoms with Crippen molar-refractivity contribution in [1.82, 2.24) is 10.2 Å². The van der Waals surface area contributed by atoms with Crippen LogP contribution in [-0.4, -0.2) is 27.9 Å². The number of rotatable bonds is 5. The largest absolute Gasteiger partial charge is 0.508 e. The van der Waals surface area contributed by atoms with E-state index in [0.29, 0.717) is 18.1 Å². The average molecular weight is 323 g/mol. The van der Waals surface area contributed by atoms with E-state index in [-0.39, 0.29) is 18.1 Å². The molecular formula is C18H17N3O3. The normalized spacial score (nSPS) is 10.5. The van der Waals surface area contributed by atoms with Crippen LogP contribution >= 0.6 is 0 Å². The minimum Gasteiger partial charge on any atom is -0.508 e. The zero-order valence-electron chi connectivity index (χ0n) is 13.2.